The molecular weight excluding hydrogens is 526 g/mol. The molecule has 0 spiro atoms. The van der Waals surface area contributed by atoms with Gasteiger partial charge in [-0.2, -0.15) is 9.57 Å². The second kappa shape index (κ2) is 12.5. The van der Waals surface area contributed by atoms with Crippen LogP contribution < -0.4 is 4.74 Å². The highest BCUT2D eigenvalue weighted by atomic mass is 32.2. The van der Waals surface area contributed by atoms with Gasteiger partial charge in [0.25, 0.3) is 0 Å². The molecule has 2 aromatic carbocycles. The van der Waals surface area contributed by atoms with Crippen molar-refractivity contribution in [2.45, 2.75) is 17.6 Å². The first-order valence-electron chi connectivity index (χ1n) is 12.0. The van der Waals surface area contributed by atoms with Crippen molar-refractivity contribution >= 4 is 27.3 Å². The smallest absolute Gasteiger partial charge is 0.349 e. The molecule has 1 saturated heterocycles. The molecule has 3 aromatic rings. The molecule has 0 N–H and O–H groups in total. The van der Waals surface area contributed by atoms with Crippen LogP contribution in [0.2, 0.25) is 0 Å². The van der Waals surface area contributed by atoms with Gasteiger partial charge in [0.15, 0.2) is 0 Å². The molecular formula is C27H29N3O6S2. The summed E-state index contributed by atoms with van der Waals surface area (Å²) < 4.78 is 44.4. The normalized spacial score (nSPS) is 15.5. The van der Waals surface area contributed by atoms with E-state index in [2.05, 4.69) is 11.0 Å². The van der Waals surface area contributed by atoms with Crippen LogP contribution in [0.5, 0.6) is 5.75 Å². The van der Waals surface area contributed by atoms with Crippen LogP contribution in [0.1, 0.15) is 32.5 Å². The number of benzene rings is 2. The fraction of sp³-hybridized carbons (Fsp3) is 0.333. The van der Waals surface area contributed by atoms with Crippen LogP contribution in [-0.4, -0.2) is 70.5 Å². The SMILES string of the molecule is COC(=O)c1sccc1S(=O)(=O)N1CCN(C[C@H](OCc2ccc(C#N)cc2)c2cccc(OC)c2)CC1. The van der Waals surface area contributed by atoms with Crippen LogP contribution in [0.15, 0.2) is 64.9 Å². The Morgan fingerprint density at radius 3 is 2.47 bits per heavy atom. The highest BCUT2D eigenvalue weighted by Gasteiger charge is 2.33. The molecule has 0 amide bonds. The third kappa shape index (κ3) is 6.40. The van der Waals surface area contributed by atoms with Crippen LogP contribution in [0.25, 0.3) is 0 Å². The lowest BCUT2D eigenvalue weighted by Gasteiger charge is -2.35. The second-order valence-corrected chi connectivity index (χ2v) is 11.5. The van der Waals surface area contributed by atoms with E-state index >= 15 is 0 Å². The Hall–Kier alpha value is -3.27. The fourth-order valence-corrected chi connectivity index (χ4v) is 6.97. The number of piperazine rings is 1. The number of esters is 1. The van der Waals surface area contributed by atoms with E-state index in [9.17, 15) is 13.2 Å². The summed E-state index contributed by atoms with van der Waals surface area (Å²) in [5.74, 6) is 0.0697. The maximum atomic E-state index is 13.3. The minimum Gasteiger partial charge on any atom is -0.497 e. The summed E-state index contributed by atoms with van der Waals surface area (Å²) in [5, 5.41) is 10.6. The molecule has 11 heteroatoms. The molecule has 0 radical (unpaired) electrons. The van der Waals surface area contributed by atoms with Crippen molar-refractivity contribution in [3.8, 4) is 11.8 Å². The zero-order valence-corrected chi connectivity index (χ0v) is 22.8. The van der Waals surface area contributed by atoms with E-state index in [-0.39, 0.29) is 15.9 Å². The van der Waals surface area contributed by atoms with E-state index in [4.69, 9.17) is 19.5 Å². The van der Waals surface area contributed by atoms with E-state index < -0.39 is 16.0 Å². The average Bonchev–Trinajstić information content (AvgIpc) is 3.46. The van der Waals surface area contributed by atoms with Crippen molar-refractivity contribution in [1.29, 1.82) is 5.26 Å². The minimum absolute atomic E-state index is 0.0113. The molecule has 0 saturated carbocycles. The average molecular weight is 556 g/mol. The van der Waals surface area contributed by atoms with Gasteiger partial charge in [-0.25, -0.2) is 13.2 Å². The summed E-state index contributed by atoms with van der Waals surface area (Å²) in [4.78, 5) is 14.3. The maximum Gasteiger partial charge on any atom is 0.349 e. The van der Waals surface area contributed by atoms with E-state index in [1.165, 1.54) is 17.5 Å². The van der Waals surface area contributed by atoms with Gasteiger partial charge in [0.2, 0.25) is 10.0 Å². The summed E-state index contributed by atoms with van der Waals surface area (Å²) >= 11 is 1.05. The largest absolute Gasteiger partial charge is 0.497 e. The van der Waals surface area contributed by atoms with Crippen molar-refractivity contribution in [2.24, 2.45) is 0 Å². The molecule has 1 fully saturated rings. The molecule has 200 valence electrons. The minimum atomic E-state index is -3.82. The van der Waals surface area contributed by atoms with Crippen LogP contribution >= 0.6 is 11.3 Å². The highest BCUT2D eigenvalue weighted by Crippen LogP contribution is 2.28. The van der Waals surface area contributed by atoms with Crippen molar-refractivity contribution in [3.63, 3.8) is 0 Å². The van der Waals surface area contributed by atoms with Gasteiger partial charge in [0, 0.05) is 32.7 Å². The zero-order chi connectivity index (χ0) is 27.1. The van der Waals surface area contributed by atoms with Crippen LogP contribution in [-0.2, 0) is 26.1 Å². The van der Waals surface area contributed by atoms with Crippen molar-refractivity contribution in [1.82, 2.24) is 9.21 Å². The number of carbonyl (C=O) groups is 1. The quantitative estimate of drug-likeness (QED) is 0.349. The Balaban J connectivity index is 1.44. The van der Waals surface area contributed by atoms with Gasteiger partial charge in [-0.05, 0) is 46.8 Å². The number of carbonyl (C=O) groups excluding carboxylic acids is 1. The van der Waals surface area contributed by atoms with E-state index in [0.717, 1.165) is 28.2 Å². The van der Waals surface area contributed by atoms with E-state index in [1.54, 1.807) is 24.6 Å². The van der Waals surface area contributed by atoms with Gasteiger partial charge < -0.3 is 14.2 Å². The van der Waals surface area contributed by atoms with Crippen molar-refractivity contribution in [3.05, 3.63) is 81.5 Å². The van der Waals surface area contributed by atoms with Gasteiger partial charge in [0.1, 0.15) is 15.5 Å². The molecule has 1 aromatic heterocycles. The number of sulfonamides is 1. The van der Waals surface area contributed by atoms with Crippen LogP contribution in [0.4, 0.5) is 0 Å². The first-order chi connectivity index (χ1) is 18.3. The summed E-state index contributed by atoms with van der Waals surface area (Å²) in [7, 11) is -0.973. The maximum absolute atomic E-state index is 13.3. The molecule has 1 aliphatic heterocycles. The number of thiophene rings is 1. The molecule has 2 heterocycles. The number of nitrogens with zero attached hydrogens (tertiary/aromatic N) is 3. The molecule has 4 rings (SSSR count). The Kier molecular flexibility index (Phi) is 9.14. The first-order valence-corrected chi connectivity index (χ1v) is 14.3. The standard InChI is InChI=1S/C27H29N3O6S2/c1-34-23-5-3-4-22(16-23)24(36-19-21-8-6-20(17-28)7-9-21)18-29-11-13-30(14-12-29)38(32,33)25-10-15-37-26(25)27(31)35-2/h3-10,15-16,24H,11-14,18-19H2,1-2H3/t24-/m0/s1. The molecule has 1 atom stereocenters. The highest BCUT2D eigenvalue weighted by molar-refractivity contribution is 7.89. The lowest BCUT2D eigenvalue weighted by molar-refractivity contribution is 0.00762. The summed E-state index contributed by atoms with van der Waals surface area (Å²) in [5.41, 5.74) is 2.49. The van der Waals surface area contributed by atoms with Gasteiger partial charge in [-0.1, -0.05) is 24.3 Å². The fourth-order valence-electron chi connectivity index (χ4n) is 4.24. The van der Waals surface area contributed by atoms with Crippen LogP contribution in [0.3, 0.4) is 0 Å². The van der Waals surface area contributed by atoms with Gasteiger partial charge in [0.05, 0.1) is 38.6 Å². The number of methoxy groups -OCH3 is 2. The summed E-state index contributed by atoms with van der Waals surface area (Å²) in [6.45, 7) is 2.52. The monoisotopic (exact) mass is 555 g/mol. The third-order valence-corrected chi connectivity index (χ3v) is 9.34. The Morgan fingerprint density at radius 1 is 1.08 bits per heavy atom. The van der Waals surface area contributed by atoms with Crippen molar-refractivity contribution in [2.75, 3.05) is 46.9 Å². The lowest BCUT2D eigenvalue weighted by atomic mass is 10.1. The third-order valence-electron chi connectivity index (χ3n) is 6.37. The number of hydrogen-bond acceptors (Lipinski definition) is 9. The van der Waals surface area contributed by atoms with E-state index in [1.807, 2.05) is 36.4 Å². The number of ether oxygens (including phenoxy) is 3. The second-order valence-electron chi connectivity index (χ2n) is 8.70. The predicted octanol–water partition coefficient (Wildman–Crippen LogP) is 3.68. The Morgan fingerprint density at radius 2 is 1.82 bits per heavy atom. The Bertz CT molecular complexity index is 1390. The van der Waals surface area contributed by atoms with E-state index in [0.29, 0.717) is 44.9 Å². The molecule has 0 unspecified atom stereocenters. The number of rotatable bonds is 10. The topological polar surface area (TPSA) is 109 Å². The molecule has 1 aliphatic rings. The summed E-state index contributed by atoms with van der Waals surface area (Å²) in [6.07, 6.45) is -0.285. The zero-order valence-electron chi connectivity index (χ0n) is 21.2. The van der Waals surface area contributed by atoms with Gasteiger partial charge in [-0.15, -0.1) is 11.3 Å². The van der Waals surface area contributed by atoms with Gasteiger partial charge in [-0.3, -0.25) is 4.90 Å². The molecule has 38 heavy (non-hydrogen) atoms. The molecule has 9 nitrogen and oxygen atoms in total. The first kappa shape index (κ1) is 27.8. The predicted molar refractivity (Wildman–Crippen MR) is 143 cm³/mol. The number of nitriles is 1. The number of hydrogen-bond donors (Lipinski definition) is 0. The molecule has 0 bridgehead atoms. The molecule has 0 aliphatic carbocycles. The lowest BCUT2D eigenvalue weighted by Crippen LogP contribution is -2.49. The van der Waals surface area contributed by atoms with Gasteiger partial charge >= 0.3 is 5.97 Å². The Labute approximate surface area is 226 Å². The summed E-state index contributed by atoms with van der Waals surface area (Å²) in [6, 6.07) is 18.5. The van der Waals surface area contributed by atoms with Crippen molar-refractivity contribution < 1.29 is 27.4 Å². The van der Waals surface area contributed by atoms with Crippen LogP contribution in [0, 0.1) is 11.3 Å².